The maximum absolute atomic E-state index is 12.6. The third-order valence-electron chi connectivity index (χ3n) is 3.20. The lowest BCUT2D eigenvalue weighted by Crippen LogP contribution is -2.63. The van der Waals surface area contributed by atoms with Crippen molar-refractivity contribution in [3.63, 3.8) is 0 Å². The van der Waals surface area contributed by atoms with Gasteiger partial charge in [0.15, 0.2) is 5.17 Å². The molecule has 0 spiro atoms. The van der Waals surface area contributed by atoms with Gasteiger partial charge in [0, 0.05) is 14.1 Å². The molecule has 0 aromatic carbocycles. The largest absolute Gasteiger partial charge is 0.406 e. The molecule has 0 amide bonds. The average molecular weight is 315 g/mol. The van der Waals surface area contributed by atoms with E-state index in [0.717, 1.165) is 11.8 Å². The van der Waals surface area contributed by atoms with Crippen molar-refractivity contribution in [1.82, 2.24) is 4.90 Å². The minimum Gasteiger partial charge on any atom is -0.388 e. The van der Waals surface area contributed by atoms with Crippen LogP contribution in [0.2, 0.25) is 0 Å². The zero-order valence-corrected chi connectivity index (χ0v) is 11.6. The van der Waals surface area contributed by atoms with E-state index in [0.29, 0.717) is 5.17 Å². The van der Waals surface area contributed by atoms with Gasteiger partial charge in [-0.25, -0.2) is 0 Å². The molecule has 0 unspecified atom stereocenters. The highest BCUT2D eigenvalue weighted by molar-refractivity contribution is 8.14. The fourth-order valence-electron chi connectivity index (χ4n) is 2.07. The van der Waals surface area contributed by atoms with Crippen molar-refractivity contribution in [3.05, 3.63) is 0 Å². The van der Waals surface area contributed by atoms with E-state index >= 15 is 0 Å². The van der Waals surface area contributed by atoms with Crippen LogP contribution in [0.1, 0.15) is 0 Å². The number of thioether (sulfide) groups is 1. The zero-order chi connectivity index (χ0) is 15.2. The van der Waals surface area contributed by atoms with Gasteiger partial charge in [-0.15, -0.1) is 0 Å². The maximum Gasteiger partial charge on any atom is 0.406 e. The molecule has 0 aromatic heterocycles. The first kappa shape index (κ1) is 15.8. The van der Waals surface area contributed by atoms with Crippen molar-refractivity contribution in [1.29, 1.82) is 0 Å². The standard InChI is InChI=1S/C10H16F3N3O3S/c1-16(2)9-15-3-4(17)5(18)6(19-8(3)20-9)7(14)10(11,12)13/h3-8,17-18H,14H2,1-2H3/t3-,4-,5+,6-,7+,8-/m1/s1. The average Bonchev–Trinajstić information content (AvgIpc) is 2.76. The van der Waals surface area contributed by atoms with E-state index in [1.807, 2.05) is 0 Å². The van der Waals surface area contributed by atoms with Gasteiger partial charge < -0.3 is 25.6 Å². The van der Waals surface area contributed by atoms with Crippen LogP contribution in [0.5, 0.6) is 0 Å². The van der Waals surface area contributed by atoms with E-state index in [9.17, 15) is 23.4 Å². The lowest BCUT2D eigenvalue weighted by molar-refractivity contribution is -0.222. The van der Waals surface area contributed by atoms with E-state index in [-0.39, 0.29) is 0 Å². The molecule has 6 atom stereocenters. The van der Waals surface area contributed by atoms with Gasteiger partial charge in [0.1, 0.15) is 35.8 Å². The summed E-state index contributed by atoms with van der Waals surface area (Å²) in [5.74, 6) is 0. The van der Waals surface area contributed by atoms with Crippen LogP contribution in [0.25, 0.3) is 0 Å². The van der Waals surface area contributed by atoms with E-state index in [1.54, 1.807) is 19.0 Å². The molecule has 0 radical (unpaired) electrons. The molecule has 2 aliphatic heterocycles. The molecule has 6 nitrogen and oxygen atoms in total. The monoisotopic (exact) mass is 315 g/mol. The molecule has 0 aromatic rings. The quantitative estimate of drug-likeness (QED) is 0.596. The fraction of sp³-hybridized carbons (Fsp3) is 0.900. The minimum absolute atomic E-state index is 0.521. The molecular formula is C10H16F3N3O3S. The number of amidine groups is 1. The SMILES string of the molecule is CN(C)C1=N[C@@H]2[C@@H](O)[C@H](O)[C@H]([C@H](N)C(F)(F)F)O[C@@H]2S1. The number of aliphatic imine (C=N–C) groups is 1. The van der Waals surface area contributed by atoms with Crippen LogP contribution in [0.15, 0.2) is 4.99 Å². The molecule has 10 heteroatoms. The van der Waals surface area contributed by atoms with E-state index < -0.39 is 42.0 Å². The van der Waals surface area contributed by atoms with Crippen molar-refractivity contribution in [2.75, 3.05) is 14.1 Å². The summed E-state index contributed by atoms with van der Waals surface area (Å²) >= 11 is 1.10. The highest BCUT2D eigenvalue weighted by Gasteiger charge is 2.55. The predicted octanol–water partition coefficient (Wildman–Crippen LogP) is -0.644. The number of nitrogens with zero attached hydrogens (tertiary/aromatic N) is 2. The van der Waals surface area contributed by atoms with Crippen molar-refractivity contribution in [2.24, 2.45) is 10.7 Å². The van der Waals surface area contributed by atoms with Gasteiger partial charge in [0.25, 0.3) is 0 Å². The summed E-state index contributed by atoms with van der Waals surface area (Å²) in [7, 11) is 3.43. The number of halogens is 3. The van der Waals surface area contributed by atoms with Crippen LogP contribution in [0.4, 0.5) is 13.2 Å². The molecule has 1 saturated heterocycles. The molecule has 1 fully saturated rings. The minimum atomic E-state index is -4.72. The Morgan fingerprint density at radius 1 is 1.35 bits per heavy atom. The second-order valence-electron chi connectivity index (χ2n) is 4.93. The highest BCUT2D eigenvalue weighted by atomic mass is 32.2. The van der Waals surface area contributed by atoms with Crippen molar-refractivity contribution < 1.29 is 28.1 Å². The van der Waals surface area contributed by atoms with Crippen molar-refractivity contribution >= 4 is 16.9 Å². The number of rotatable bonds is 1. The molecule has 0 bridgehead atoms. The second kappa shape index (κ2) is 5.34. The Kier molecular flexibility index (Phi) is 4.22. The topological polar surface area (TPSA) is 91.3 Å². The summed E-state index contributed by atoms with van der Waals surface area (Å²) < 4.78 is 43.2. The van der Waals surface area contributed by atoms with Crippen molar-refractivity contribution in [3.8, 4) is 0 Å². The van der Waals surface area contributed by atoms with E-state index in [2.05, 4.69) is 4.99 Å². The first-order valence-corrected chi connectivity index (χ1v) is 6.76. The van der Waals surface area contributed by atoms with Gasteiger partial charge in [-0.05, 0) is 0 Å². The third kappa shape index (κ3) is 2.75. The number of nitrogens with two attached hydrogens (primary N) is 1. The van der Waals surface area contributed by atoms with Crippen LogP contribution in [0.3, 0.4) is 0 Å². The Morgan fingerprint density at radius 2 is 1.95 bits per heavy atom. The van der Waals surface area contributed by atoms with E-state index in [1.165, 1.54) is 0 Å². The summed E-state index contributed by atoms with van der Waals surface area (Å²) in [5, 5.41) is 20.3. The Balaban J connectivity index is 2.17. The number of ether oxygens (including phenoxy) is 1. The van der Waals surface area contributed by atoms with Crippen LogP contribution in [-0.4, -0.2) is 76.4 Å². The number of fused-ring (bicyclic) bond motifs is 1. The number of alkyl halides is 3. The van der Waals surface area contributed by atoms with E-state index in [4.69, 9.17) is 10.5 Å². The fourth-order valence-corrected chi connectivity index (χ4v) is 3.22. The van der Waals surface area contributed by atoms with Crippen LogP contribution in [0, 0.1) is 0 Å². The first-order chi connectivity index (χ1) is 9.12. The molecule has 2 rings (SSSR count). The van der Waals surface area contributed by atoms with Gasteiger partial charge >= 0.3 is 6.18 Å². The van der Waals surface area contributed by atoms with Gasteiger partial charge in [-0.2, -0.15) is 13.2 Å². The number of hydrogen-bond donors (Lipinski definition) is 3. The molecule has 2 aliphatic rings. The van der Waals surface area contributed by atoms with Gasteiger partial charge in [0.05, 0.1) is 0 Å². The Labute approximate surface area is 117 Å². The van der Waals surface area contributed by atoms with Gasteiger partial charge in [-0.1, -0.05) is 11.8 Å². The summed E-state index contributed by atoms with van der Waals surface area (Å²) in [6, 6.07) is -3.17. The van der Waals surface area contributed by atoms with Crippen LogP contribution < -0.4 is 5.73 Å². The van der Waals surface area contributed by atoms with Crippen LogP contribution in [-0.2, 0) is 4.74 Å². The Hall–Kier alpha value is -0.550. The smallest absolute Gasteiger partial charge is 0.388 e. The van der Waals surface area contributed by atoms with Crippen LogP contribution >= 0.6 is 11.8 Å². The number of aliphatic hydroxyl groups is 2. The summed E-state index contributed by atoms with van der Waals surface area (Å²) in [5.41, 5.74) is 4.29. The normalized spacial score (nSPS) is 39.2. The van der Waals surface area contributed by atoms with Gasteiger partial charge in [0.2, 0.25) is 0 Å². The highest BCUT2D eigenvalue weighted by Crippen LogP contribution is 2.39. The molecular weight excluding hydrogens is 299 g/mol. The molecule has 116 valence electrons. The molecule has 2 heterocycles. The van der Waals surface area contributed by atoms with Crippen molar-refractivity contribution in [2.45, 2.75) is 42.0 Å². The first-order valence-electron chi connectivity index (χ1n) is 5.88. The van der Waals surface area contributed by atoms with Gasteiger partial charge in [-0.3, -0.25) is 4.99 Å². The molecule has 20 heavy (non-hydrogen) atoms. The molecule has 4 N–H and O–H groups in total. The number of hydrogen-bond acceptors (Lipinski definition) is 7. The summed E-state index contributed by atoms with van der Waals surface area (Å²) in [6.45, 7) is 0. The zero-order valence-electron chi connectivity index (χ0n) is 10.8. The maximum atomic E-state index is 12.6. The third-order valence-corrected chi connectivity index (χ3v) is 4.51. The lowest BCUT2D eigenvalue weighted by atomic mass is 9.94. The Bertz CT molecular complexity index is 407. The lowest BCUT2D eigenvalue weighted by Gasteiger charge is -2.40. The summed E-state index contributed by atoms with van der Waals surface area (Å²) in [4.78, 5) is 5.80. The second-order valence-corrected chi connectivity index (χ2v) is 6.00. The predicted molar refractivity (Wildman–Crippen MR) is 67.2 cm³/mol. The molecule has 0 aliphatic carbocycles. The Morgan fingerprint density at radius 3 is 2.45 bits per heavy atom. The molecule has 0 saturated carbocycles. The number of aliphatic hydroxyl groups excluding tert-OH is 2. The summed E-state index contributed by atoms with van der Waals surface area (Å²) in [6.07, 6.45) is -9.61.